The molecule has 0 radical (unpaired) electrons. The number of ketones is 2. The molecule has 0 atom stereocenters. The molecule has 0 aliphatic heterocycles. The van der Waals surface area contributed by atoms with Gasteiger partial charge in [0.25, 0.3) is 0 Å². The van der Waals surface area contributed by atoms with E-state index < -0.39 is 11.9 Å². The lowest BCUT2D eigenvalue weighted by molar-refractivity contribution is -0.148. The Balaban J connectivity index is 1.91. The van der Waals surface area contributed by atoms with Crippen LogP contribution in [0, 0.1) is 0 Å². The summed E-state index contributed by atoms with van der Waals surface area (Å²) in [5, 5.41) is 0. The van der Waals surface area contributed by atoms with E-state index in [0.29, 0.717) is 64.4 Å². The monoisotopic (exact) mass is 542 g/mol. The maximum Gasteiger partial charge on any atom is 0.313 e. The Labute approximate surface area is 222 Å². The average molecular weight is 543 g/mol. The van der Waals surface area contributed by atoms with Crippen LogP contribution in [-0.4, -0.2) is 103 Å². The van der Waals surface area contributed by atoms with Crippen molar-refractivity contribution in [2.45, 2.75) is 26.7 Å². The highest BCUT2D eigenvalue weighted by Gasteiger charge is 2.06. The molecule has 0 aromatic heterocycles. The molecule has 214 valence electrons. The fourth-order valence-corrected chi connectivity index (χ4v) is 2.65. The van der Waals surface area contributed by atoms with Crippen LogP contribution in [-0.2, 0) is 47.6 Å². The molecule has 0 bridgehead atoms. The van der Waals surface area contributed by atoms with Crippen LogP contribution in [0.1, 0.15) is 26.7 Å². The van der Waals surface area contributed by atoms with Gasteiger partial charge in [0.2, 0.25) is 0 Å². The van der Waals surface area contributed by atoms with Gasteiger partial charge in [0, 0.05) is 0 Å². The molecule has 0 saturated carbocycles. The Kier molecular flexibility index (Phi) is 19.1. The van der Waals surface area contributed by atoms with Crippen LogP contribution in [0.3, 0.4) is 0 Å². The van der Waals surface area contributed by atoms with Gasteiger partial charge in [-0.05, 0) is 38.1 Å². The van der Waals surface area contributed by atoms with Crippen LogP contribution < -0.4 is 9.47 Å². The second kappa shape index (κ2) is 22.0. The first-order valence-corrected chi connectivity index (χ1v) is 12.3. The van der Waals surface area contributed by atoms with Gasteiger partial charge in [0.1, 0.15) is 62.3 Å². The summed E-state index contributed by atoms with van der Waals surface area (Å²) in [7, 11) is 0. The van der Waals surface area contributed by atoms with E-state index in [-0.39, 0.29) is 50.8 Å². The lowest BCUT2D eigenvalue weighted by Gasteiger charge is -2.10. The predicted octanol–water partition coefficient (Wildman–Crippen LogP) is 1.56. The minimum absolute atomic E-state index is 0.101. The topological polar surface area (TPSA) is 142 Å². The van der Waals surface area contributed by atoms with Crippen molar-refractivity contribution in [2.75, 3.05) is 79.3 Å². The molecule has 0 aliphatic carbocycles. The Morgan fingerprint density at radius 2 is 0.763 bits per heavy atom. The van der Waals surface area contributed by atoms with Gasteiger partial charge in [0.05, 0.1) is 52.9 Å². The fraction of sp³-hybridized carbons (Fsp3) is 0.615. The van der Waals surface area contributed by atoms with Crippen molar-refractivity contribution >= 4 is 23.5 Å². The third-order valence-electron chi connectivity index (χ3n) is 4.33. The predicted molar refractivity (Wildman–Crippen MR) is 133 cm³/mol. The van der Waals surface area contributed by atoms with Crippen LogP contribution in [0.2, 0.25) is 0 Å². The molecule has 0 amide bonds. The van der Waals surface area contributed by atoms with Crippen molar-refractivity contribution in [2.24, 2.45) is 0 Å². The van der Waals surface area contributed by atoms with Gasteiger partial charge in [-0.25, -0.2) is 0 Å². The molecule has 38 heavy (non-hydrogen) atoms. The molecule has 0 N–H and O–H groups in total. The number of hydrogen-bond donors (Lipinski definition) is 0. The number of benzene rings is 1. The van der Waals surface area contributed by atoms with E-state index in [1.54, 1.807) is 24.3 Å². The molecule has 0 aliphatic rings. The summed E-state index contributed by atoms with van der Waals surface area (Å²) in [6.07, 6.45) is -0.443. The smallest absolute Gasteiger partial charge is 0.313 e. The van der Waals surface area contributed by atoms with Crippen molar-refractivity contribution < 1.29 is 57.1 Å². The normalized spacial score (nSPS) is 10.6. The summed E-state index contributed by atoms with van der Waals surface area (Å²) in [6.45, 7) is 6.33. The molecule has 12 heteroatoms. The zero-order valence-corrected chi connectivity index (χ0v) is 22.1. The van der Waals surface area contributed by atoms with Crippen LogP contribution in [0.5, 0.6) is 11.5 Å². The SMILES string of the molecule is CC(=O)CC(=O)OCCOCCOCCOc1ccc(OCCOCCOCCOC(=O)CC(C)=O)cc1. The van der Waals surface area contributed by atoms with Crippen LogP contribution in [0.25, 0.3) is 0 Å². The zero-order valence-electron chi connectivity index (χ0n) is 22.1. The summed E-state index contributed by atoms with van der Waals surface area (Å²) in [5.74, 6) is -0.204. The quantitative estimate of drug-likeness (QED) is 0.106. The van der Waals surface area contributed by atoms with Gasteiger partial charge in [-0.2, -0.15) is 0 Å². The summed E-state index contributed by atoms with van der Waals surface area (Å²) < 4.78 is 42.3. The van der Waals surface area contributed by atoms with Gasteiger partial charge >= 0.3 is 11.9 Å². The van der Waals surface area contributed by atoms with Crippen molar-refractivity contribution in [3.63, 3.8) is 0 Å². The summed E-state index contributed by atoms with van der Waals surface area (Å²) >= 11 is 0. The summed E-state index contributed by atoms with van der Waals surface area (Å²) in [6, 6.07) is 7.18. The number of rotatable bonds is 24. The van der Waals surface area contributed by atoms with Gasteiger partial charge in [0.15, 0.2) is 0 Å². The zero-order chi connectivity index (χ0) is 27.8. The fourth-order valence-electron chi connectivity index (χ4n) is 2.65. The molecule has 1 aromatic rings. The van der Waals surface area contributed by atoms with Gasteiger partial charge in [-0.3, -0.25) is 19.2 Å². The standard InChI is InChI=1S/C26H38O12/c1-21(27)19-25(29)37-17-13-33-9-7-31-11-15-35-23-3-5-24(6-4-23)36-16-12-32-8-10-34-14-18-38-26(30)20-22(2)28/h3-6H,7-20H2,1-2H3. The molecule has 0 spiro atoms. The first-order valence-electron chi connectivity index (χ1n) is 12.3. The first-order chi connectivity index (χ1) is 18.4. The Morgan fingerprint density at radius 3 is 1.08 bits per heavy atom. The van der Waals surface area contributed by atoms with E-state index in [1.165, 1.54) is 13.8 Å². The molecular weight excluding hydrogens is 504 g/mol. The number of Topliss-reactive ketones (excluding diaryl/α,β-unsaturated/α-hetero) is 2. The lowest BCUT2D eigenvalue weighted by Crippen LogP contribution is -2.15. The van der Waals surface area contributed by atoms with E-state index in [4.69, 9.17) is 37.9 Å². The van der Waals surface area contributed by atoms with Crippen LogP contribution >= 0.6 is 0 Å². The minimum Gasteiger partial charge on any atom is -0.491 e. The van der Waals surface area contributed by atoms with E-state index >= 15 is 0 Å². The Morgan fingerprint density at radius 1 is 0.474 bits per heavy atom. The molecule has 0 fully saturated rings. The lowest BCUT2D eigenvalue weighted by atomic mass is 10.3. The minimum atomic E-state index is -0.552. The second-order valence-electron chi connectivity index (χ2n) is 7.82. The van der Waals surface area contributed by atoms with Crippen LogP contribution in [0.15, 0.2) is 24.3 Å². The number of ether oxygens (including phenoxy) is 8. The Bertz CT molecular complexity index is 742. The van der Waals surface area contributed by atoms with E-state index in [0.717, 1.165) is 0 Å². The van der Waals surface area contributed by atoms with E-state index in [9.17, 15) is 19.2 Å². The van der Waals surface area contributed by atoms with E-state index in [1.807, 2.05) is 0 Å². The molecular formula is C26H38O12. The van der Waals surface area contributed by atoms with Gasteiger partial charge in [-0.1, -0.05) is 0 Å². The van der Waals surface area contributed by atoms with Crippen molar-refractivity contribution in [1.29, 1.82) is 0 Å². The highest BCUT2D eigenvalue weighted by atomic mass is 16.6. The van der Waals surface area contributed by atoms with Crippen molar-refractivity contribution in [3.05, 3.63) is 24.3 Å². The third-order valence-corrected chi connectivity index (χ3v) is 4.33. The molecule has 1 aromatic carbocycles. The second-order valence-corrected chi connectivity index (χ2v) is 7.82. The largest absolute Gasteiger partial charge is 0.491 e. The highest BCUT2D eigenvalue weighted by molar-refractivity contribution is 5.94. The van der Waals surface area contributed by atoms with Gasteiger partial charge in [-0.15, -0.1) is 0 Å². The number of esters is 2. The third kappa shape index (κ3) is 20.0. The number of carbonyl (C=O) groups is 4. The highest BCUT2D eigenvalue weighted by Crippen LogP contribution is 2.17. The molecule has 12 nitrogen and oxygen atoms in total. The molecule has 0 unspecified atom stereocenters. The van der Waals surface area contributed by atoms with Gasteiger partial charge < -0.3 is 37.9 Å². The summed E-state index contributed by atoms with van der Waals surface area (Å²) in [4.78, 5) is 43.9. The molecule has 0 saturated heterocycles. The maximum absolute atomic E-state index is 11.2. The van der Waals surface area contributed by atoms with E-state index in [2.05, 4.69) is 0 Å². The van der Waals surface area contributed by atoms with Crippen molar-refractivity contribution in [1.82, 2.24) is 0 Å². The van der Waals surface area contributed by atoms with Crippen molar-refractivity contribution in [3.8, 4) is 11.5 Å². The first kappa shape index (κ1) is 33.0. The summed E-state index contributed by atoms with van der Waals surface area (Å²) in [5.41, 5.74) is 0. The number of carbonyl (C=O) groups excluding carboxylic acids is 4. The average Bonchev–Trinajstić information content (AvgIpc) is 2.86. The molecule has 0 heterocycles. The van der Waals surface area contributed by atoms with Crippen LogP contribution in [0.4, 0.5) is 0 Å². The maximum atomic E-state index is 11.2. The molecule has 1 rings (SSSR count). The number of hydrogen-bond acceptors (Lipinski definition) is 12. The Hall–Kier alpha value is -3.06.